The highest BCUT2D eigenvalue weighted by molar-refractivity contribution is 6.33. The number of hydrogen-bond acceptors (Lipinski definition) is 4. The van der Waals surface area contributed by atoms with E-state index in [2.05, 4.69) is 15.3 Å². The Morgan fingerprint density at radius 1 is 1.22 bits per heavy atom. The lowest BCUT2D eigenvalue weighted by molar-refractivity contribution is 0.0838. The van der Waals surface area contributed by atoms with Crippen LogP contribution < -0.4 is 5.32 Å². The molecule has 6 heteroatoms. The van der Waals surface area contributed by atoms with Crippen LogP contribution >= 0.6 is 11.6 Å². The van der Waals surface area contributed by atoms with E-state index in [0.29, 0.717) is 19.1 Å². The number of anilines is 1. The molecule has 5 nitrogen and oxygen atoms in total. The zero-order valence-corrected chi connectivity index (χ0v) is 13.9. The fraction of sp³-hybridized carbons (Fsp3) is 0.471. The number of nitrogens with zero attached hydrogens (tertiary/aromatic N) is 3. The molecular weight excluding hydrogens is 312 g/mol. The molecule has 1 aliphatic rings. The second-order valence-electron chi connectivity index (χ2n) is 6.08. The van der Waals surface area contributed by atoms with Gasteiger partial charge in [-0.15, -0.1) is 0 Å². The minimum atomic E-state index is -0.386. The van der Waals surface area contributed by atoms with Gasteiger partial charge in [-0.25, -0.2) is 0 Å². The SMILES string of the molecule is O[C@@H](CN1CCC(Nc2ccccc2Cl)CC1)Cn1cccn1. The number of aliphatic hydroxyl groups is 1. The average molecular weight is 335 g/mol. The van der Waals surface area contributed by atoms with Crippen molar-refractivity contribution in [1.29, 1.82) is 0 Å². The first-order valence-corrected chi connectivity index (χ1v) is 8.47. The van der Waals surface area contributed by atoms with Crippen molar-refractivity contribution in [2.24, 2.45) is 0 Å². The van der Waals surface area contributed by atoms with E-state index in [1.54, 1.807) is 10.9 Å². The summed E-state index contributed by atoms with van der Waals surface area (Å²) in [6.07, 6.45) is 5.34. The third-order valence-electron chi connectivity index (χ3n) is 4.25. The molecule has 1 atom stereocenters. The number of aromatic nitrogens is 2. The zero-order valence-electron chi connectivity index (χ0n) is 13.1. The van der Waals surface area contributed by atoms with Gasteiger partial charge < -0.3 is 15.3 Å². The van der Waals surface area contributed by atoms with Crippen molar-refractivity contribution in [3.05, 3.63) is 47.7 Å². The molecule has 0 saturated carbocycles. The summed E-state index contributed by atoms with van der Waals surface area (Å²) in [4.78, 5) is 2.32. The molecule has 1 aromatic carbocycles. The van der Waals surface area contributed by atoms with Crippen LogP contribution in [0, 0.1) is 0 Å². The van der Waals surface area contributed by atoms with E-state index >= 15 is 0 Å². The van der Waals surface area contributed by atoms with Crippen LogP contribution in [-0.4, -0.2) is 51.6 Å². The Morgan fingerprint density at radius 2 is 2.00 bits per heavy atom. The highest BCUT2D eigenvalue weighted by Crippen LogP contribution is 2.24. The van der Waals surface area contributed by atoms with E-state index in [9.17, 15) is 5.11 Å². The third kappa shape index (κ3) is 4.70. The molecule has 0 amide bonds. The Hall–Kier alpha value is -1.56. The number of para-hydroxylation sites is 1. The first-order chi connectivity index (χ1) is 11.2. The van der Waals surface area contributed by atoms with Gasteiger partial charge >= 0.3 is 0 Å². The van der Waals surface area contributed by atoms with Crippen LogP contribution in [0.4, 0.5) is 5.69 Å². The molecule has 0 bridgehead atoms. The van der Waals surface area contributed by atoms with Crippen LogP contribution in [0.2, 0.25) is 5.02 Å². The molecule has 0 aliphatic carbocycles. The van der Waals surface area contributed by atoms with Crippen molar-refractivity contribution in [3.8, 4) is 0 Å². The molecule has 0 unspecified atom stereocenters. The maximum absolute atomic E-state index is 10.2. The Morgan fingerprint density at radius 3 is 2.70 bits per heavy atom. The minimum Gasteiger partial charge on any atom is -0.390 e. The maximum Gasteiger partial charge on any atom is 0.0862 e. The summed E-state index contributed by atoms with van der Waals surface area (Å²) < 4.78 is 1.77. The number of halogens is 1. The molecule has 23 heavy (non-hydrogen) atoms. The lowest BCUT2D eigenvalue weighted by atomic mass is 10.0. The van der Waals surface area contributed by atoms with Crippen LogP contribution in [0.1, 0.15) is 12.8 Å². The van der Waals surface area contributed by atoms with Crippen molar-refractivity contribution in [1.82, 2.24) is 14.7 Å². The van der Waals surface area contributed by atoms with Gasteiger partial charge in [0, 0.05) is 38.1 Å². The van der Waals surface area contributed by atoms with Gasteiger partial charge in [0.2, 0.25) is 0 Å². The number of nitrogens with one attached hydrogen (secondary N) is 1. The van der Waals surface area contributed by atoms with Crippen molar-refractivity contribution in [3.63, 3.8) is 0 Å². The number of hydrogen-bond donors (Lipinski definition) is 2. The van der Waals surface area contributed by atoms with Crippen molar-refractivity contribution >= 4 is 17.3 Å². The van der Waals surface area contributed by atoms with E-state index in [4.69, 9.17) is 11.6 Å². The van der Waals surface area contributed by atoms with Gasteiger partial charge in [-0.3, -0.25) is 4.68 Å². The predicted octanol–water partition coefficient (Wildman–Crippen LogP) is 2.47. The van der Waals surface area contributed by atoms with Gasteiger partial charge in [-0.1, -0.05) is 23.7 Å². The smallest absolute Gasteiger partial charge is 0.0862 e. The van der Waals surface area contributed by atoms with Crippen molar-refractivity contribution in [2.45, 2.75) is 31.5 Å². The number of β-amino-alcohol motifs (C(OH)–C–C–N with tert-alkyl or cyclic N) is 1. The molecule has 1 aliphatic heterocycles. The molecule has 2 heterocycles. The first-order valence-electron chi connectivity index (χ1n) is 8.09. The zero-order chi connectivity index (χ0) is 16.1. The minimum absolute atomic E-state index is 0.386. The van der Waals surface area contributed by atoms with E-state index in [1.165, 1.54) is 0 Å². The van der Waals surface area contributed by atoms with Gasteiger partial charge in [0.05, 0.1) is 23.4 Å². The highest BCUT2D eigenvalue weighted by atomic mass is 35.5. The lowest BCUT2D eigenvalue weighted by Crippen LogP contribution is -2.43. The van der Waals surface area contributed by atoms with Crippen LogP contribution in [-0.2, 0) is 6.54 Å². The Labute approximate surface area is 141 Å². The molecule has 0 radical (unpaired) electrons. The number of aliphatic hydroxyl groups excluding tert-OH is 1. The Bertz CT molecular complexity index is 596. The van der Waals surface area contributed by atoms with E-state index in [0.717, 1.165) is 36.6 Å². The highest BCUT2D eigenvalue weighted by Gasteiger charge is 2.21. The predicted molar refractivity (Wildman–Crippen MR) is 92.8 cm³/mol. The van der Waals surface area contributed by atoms with Gasteiger partial charge in [0.25, 0.3) is 0 Å². The normalized spacial score (nSPS) is 18.0. The molecular formula is C17H23ClN4O. The molecule has 1 aromatic heterocycles. The fourth-order valence-corrected chi connectivity index (χ4v) is 3.23. The van der Waals surface area contributed by atoms with Crippen LogP contribution in [0.25, 0.3) is 0 Å². The van der Waals surface area contributed by atoms with Crippen molar-refractivity contribution in [2.75, 3.05) is 25.0 Å². The van der Waals surface area contributed by atoms with Crippen LogP contribution in [0.15, 0.2) is 42.7 Å². The monoisotopic (exact) mass is 334 g/mol. The molecule has 1 fully saturated rings. The summed E-state index contributed by atoms with van der Waals surface area (Å²) in [5.41, 5.74) is 1.01. The molecule has 0 spiro atoms. The second-order valence-corrected chi connectivity index (χ2v) is 6.49. The summed E-state index contributed by atoms with van der Waals surface area (Å²) in [5.74, 6) is 0. The largest absolute Gasteiger partial charge is 0.390 e. The van der Waals surface area contributed by atoms with Crippen LogP contribution in [0.5, 0.6) is 0 Å². The summed E-state index contributed by atoms with van der Waals surface area (Å²) in [5, 5.41) is 18.6. The number of piperidine rings is 1. The standard InChI is InChI=1S/C17H23ClN4O/c18-16-4-1-2-5-17(16)20-14-6-10-21(11-7-14)12-15(23)13-22-9-3-8-19-22/h1-5,8-9,14-15,20,23H,6-7,10-13H2/t15-/m0/s1. The average Bonchev–Trinajstić information content (AvgIpc) is 3.04. The van der Waals surface area contributed by atoms with Crippen LogP contribution in [0.3, 0.4) is 0 Å². The first kappa shape index (κ1) is 16.3. The Kier molecular flexibility index (Phi) is 5.54. The molecule has 124 valence electrons. The van der Waals surface area contributed by atoms with Crippen molar-refractivity contribution < 1.29 is 5.11 Å². The third-order valence-corrected chi connectivity index (χ3v) is 4.58. The Balaban J connectivity index is 1.42. The topological polar surface area (TPSA) is 53.3 Å². The fourth-order valence-electron chi connectivity index (χ4n) is 3.04. The van der Waals surface area contributed by atoms with Gasteiger partial charge in [-0.2, -0.15) is 5.10 Å². The molecule has 2 N–H and O–H groups in total. The summed E-state index contributed by atoms with van der Waals surface area (Å²) in [6.45, 7) is 3.21. The summed E-state index contributed by atoms with van der Waals surface area (Å²) in [7, 11) is 0. The second kappa shape index (κ2) is 7.81. The van der Waals surface area contributed by atoms with Gasteiger partial charge in [0.15, 0.2) is 0 Å². The van der Waals surface area contributed by atoms with E-state index < -0.39 is 0 Å². The summed E-state index contributed by atoms with van der Waals surface area (Å²) >= 11 is 6.19. The number of rotatable bonds is 6. The van der Waals surface area contributed by atoms with E-state index in [-0.39, 0.29) is 6.10 Å². The lowest BCUT2D eigenvalue weighted by Gasteiger charge is -2.34. The molecule has 1 saturated heterocycles. The molecule has 3 rings (SSSR count). The maximum atomic E-state index is 10.2. The molecule has 2 aromatic rings. The van der Waals surface area contributed by atoms with Gasteiger partial charge in [-0.05, 0) is 31.0 Å². The van der Waals surface area contributed by atoms with Gasteiger partial charge in [0.1, 0.15) is 0 Å². The number of benzene rings is 1. The number of likely N-dealkylation sites (tertiary alicyclic amines) is 1. The quantitative estimate of drug-likeness (QED) is 0.852. The summed E-state index contributed by atoms with van der Waals surface area (Å²) in [6, 6.07) is 10.2. The van der Waals surface area contributed by atoms with E-state index in [1.807, 2.05) is 36.5 Å².